The first-order chi connectivity index (χ1) is 12.7. The fourth-order valence-electron chi connectivity index (χ4n) is 3.50. The third kappa shape index (κ3) is 2.90. The minimum Gasteiger partial charge on any atom is -0.360 e. The van der Waals surface area contributed by atoms with E-state index in [-0.39, 0.29) is 18.1 Å². The van der Waals surface area contributed by atoms with Gasteiger partial charge in [-0.05, 0) is 43.2 Å². The zero-order valence-electron chi connectivity index (χ0n) is 15.0. The van der Waals surface area contributed by atoms with Crippen LogP contribution in [0.5, 0.6) is 0 Å². The molecule has 2 aromatic carbocycles. The van der Waals surface area contributed by atoms with Gasteiger partial charge in [0.25, 0.3) is 5.91 Å². The lowest BCUT2D eigenvalue weighted by molar-refractivity contribution is 0.0600. The molecular weight excluding hydrogens is 340 g/mol. The first kappa shape index (κ1) is 16.9. The van der Waals surface area contributed by atoms with Gasteiger partial charge in [-0.25, -0.2) is 0 Å². The average Bonchev–Trinajstić information content (AvgIpc) is 3.17. The molecule has 1 N–H and O–H groups in total. The minimum absolute atomic E-state index is 0.0262. The lowest BCUT2D eigenvalue weighted by atomic mass is 10.0. The van der Waals surface area contributed by atoms with Gasteiger partial charge in [0.05, 0.1) is 11.6 Å². The van der Waals surface area contributed by atoms with Crippen molar-refractivity contribution in [2.24, 2.45) is 0 Å². The summed E-state index contributed by atoms with van der Waals surface area (Å²) in [6.45, 7) is 4.26. The van der Waals surface area contributed by atoms with Crippen LogP contribution in [-0.2, 0) is 6.42 Å². The molecular formula is C22H22N2OS. The molecule has 1 unspecified atom stereocenters. The van der Waals surface area contributed by atoms with Gasteiger partial charge in [0.2, 0.25) is 0 Å². The Hall–Kier alpha value is -2.59. The second-order valence-corrected chi connectivity index (χ2v) is 7.75. The lowest BCUT2D eigenvalue weighted by Gasteiger charge is -2.41. The quantitative estimate of drug-likeness (QED) is 0.651. The molecule has 4 rings (SSSR count). The molecule has 0 radical (unpaired) electrons. The fourth-order valence-corrected chi connectivity index (χ4v) is 4.50. The second-order valence-electron chi connectivity index (χ2n) is 6.55. The zero-order chi connectivity index (χ0) is 18.1. The molecule has 0 aliphatic carbocycles. The Kier molecular flexibility index (Phi) is 4.51. The summed E-state index contributed by atoms with van der Waals surface area (Å²) in [4.78, 5) is 17.9. The van der Waals surface area contributed by atoms with E-state index in [1.807, 2.05) is 47.4 Å². The molecule has 132 valence electrons. The van der Waals surface area contributed by atoms with Crippen molar-refractivity contribution < 1.29 is 4.79 Å². The van der Waals surface area contributed by atoms with Crippen molar-refractivity contribution in [2.75, 3.05) is 5.32 Å². The van der Waals surface area contributed by atoms with Crippen molar-refractivity contribution in [3.8, 4) is 0 Å². The predicted molar refractivity (Wildman–Crippen MR) is 108 cm³/mol. The second kappa shape index (κ2) is 6.96. The van der Waals surface area contributed by atoms with Crippen LogP contribution in [0.4, 0.5) is 5.69 Å². The van der Waals surface area contributed by atoms with Gasteiger partial charge in [0.15, 0.2) is 0 Å². The van der Waals surface area contributed by atoms with Crippen LogP contribution < -0.4 is 5.32 Å². The summed E-state index contributed by atoms with van der Waals surface area (Å²) in [5.41, 5.74) is 2.78. The molecule has 4 heteroatoms. The number of carbonyl (C=O) groups excluding carboxylic acids is 1. The molecule has 1 amide bonds. The molecule has 3 nitrogen and oxygen atoms in total. The average molecular weight is 362 g/mol. The number of nitrogens with one attached hydrogen (secondary N) is 1. The summed E-state index contributed by atoms with van der Waals surface area (Å²) in [6, 6.07) is 22.3. The SMILES string of the molecule is CCc1ccc(C2Nc3ccccc3C(=O)N2[C@@H](C)c2ccccc2)s1. The number of rotatable bonds is 4. The monoisotopic (exact) mass is 362 g/mol. The zero-order valence-corrected chi connectivity index (χ0v) is 15.8. The number of carbonyl (C=O) groups is 1. The highest BCUT2D eigenvalue weighted by Crippen LogP contribution is 2.40. The fraction of sp³-hybridized carbons (Fsp3) is 0.227. The van der Waals surface area contributed by atoms with Crippen molar-refractivity contribution >= 4 is 22.9 Å². The Morgan fingerprint density at radius 1 is 1.04 bits per heavy atom. The number of thiophene rings is 1. The first-order valence-corrected chi connectivity index (χ1v) is 9.82. The smallest absolute Gasteiger partial charge is 0.258 e. The van der Waals surface area contributed by atoms with E-state index in [1.54, 1.807) is 11.3 Å². The van der Waals surface area contributed by atoms with Crippen LogP contribution >= 0.6 is 11.3 Å². The van der Waals surface area contributed by atoms with Crippen molar-refractivity contribution in [2.45, 2.75) is 32.5 Å². The number of hydrogen-bond acceptors (Lipinski definition) is 3. The largest absolute Gasteiger partial charge is 0.360 e. The van der Waals surface area contributed by atoms with Crippen LogP contribution in [0.3, 0.4) is 0 Å². The van der Waals surface area contributed by atoms with Crippen molar-refractivity contribution in [1.29, 1.82) is 0 Å². The normalized spacial score (nSPS) is 17.5. The van der Waals surface area contributed by atoms with Crippen molar-refractivity contribution in [1.82, 2.24) is 4.90 Å². The number of amides is 1. The maximum Gasteiger partial charge on any atom is 0.258 e. The van der Waals surface area contributed by atoms with Crippen molar-refractivity contribution in [3.63, 3.8) is 0 Å². The Morgan fingerprint density at radius 2 is 1.77 bits per heavy atom. The topological polar surface area (TPSA) is 32.3 Å². The molecule has 3 aromatic rings. The Bertz CT molecular complexity index is 919. The molecule has 1 aromatic heterocycles. The van der Waals surface area contributed by atoms with Gasteiger partial charge >= 0.3 is 0 Å². The van der Waals surface area contributed by atoms with E-state index in [0.29, 0.717) is 0 Å². The van der Waals surface area contributed by atoms with E-state index in [2.05, 4.69) is 43.4 Å². The van der Waals surface area contributed by atoms with Gasteiger partial charge in [-0.3, -0.25) is 4.79 Å². The number of nitrogens with zero attached hydrogens (tertiary/aromatic N) is 1. The van der Waals surface area contributed by atoms with E-state index in [1.165, 1.54) is 9.75 Å². The minimum atomic E-state index is -0.155. The van der Waals surface area contributed by atoms with Gasteiger partial charge in [0, 0.05) is 15.4 Å². The highest BCUT2D eigenvalue weighted by molar-refractivity contribution is 7.12. The molecule has 1 aliphatic rings. The Morgan fingerprint density at radius 3 is 2.50 bits per heavy atom. The number of benzene rings is 2. The van der Waals surface area contributed by atoms with Crippen LogP contribution in [0.15, 0.2) is 66.7 Å². The molecule has 0 spiro atoms. The van der Waals surface area contributed by atoms with Crippen LogP contribution in [0.1, 0.15) is 51.7 Å². The Labute approximate surface area is 158 Å². The van der Waals surface area contributed by atoms with Crippen LogP contribution in [-0.4, -0.2) is 10.8 Å². The molecule has 2 atom stereocenters. The third-order valence-electron chi connectivity index (χ3n) is 4.96. The number of para-hydroxylation sites is 1. The summed E-state index contributed by atoms with van der Waals surface area (Å²) in [5, 5.41) is 3.60. The first-order valence-electron chi connectivity index (χ1n) is 9.01. The molecule has 0 fully saturated rings. The van der Waals surface area contributed by atoms with Gasteiger partial charge < -0.3 is 10.2 Å². The van der Waals surface area contributed by atoms with Gasteiger partial charge in [-0.1, -0.05) is 49.4 Å². The molecule has 0 bridgehead atoms. The number of hydrogen-bond donors (Lipinski definition) is 1. The predicted octanol–water partition coefficient (Wildman–Crippen LogP) is 5.64. The molecule has 2 heterocycles. The summed E-state index contributed by atoms with van der Waals surface area (Å²) in [6.07, 6.45) is 0.855. The third-order valence-corrected chi connectivity index (χ3v) is 6.24. The van der Waals surface area contributed by atoms with Crippen molar-refractivity contribution in [3.05, 3.63) is 87.6 Å². The van der Waals surface area contributed by atoms with Crippen LogP contribution in [0, 0.1) is 0 Å². The summed E-state index contributed by atoms with van der Waals surface area (Å²) >= 11 is 1.78. The summed E-state index contributed by atoms with van der Waals surface area (Å²) < 4.78 is 0. The molecule has 26 heavy (non-hydrogen) atoms. The molecule has 0 saturated carbocycles. The Balaban J connectivity index is 1.79. The van der Waals surface area contributed by atoms with E-state index >= 15 is 0 Å². The standard InChI is InChI=1S/C22H22N2OS/c1-3-17-13-14-20(26-17)21-23-19-12-8-7-11-18(19)22(25)24(21)15(2)16-9-5-4-6-10-16/h4-15,21,23H,3H2,1-2H3/t15-,21?/m0/s1. The number of aryl methyl sites for hydroxylation is 1. The van der Waals surface area contributed by atoms with Gasteiger partial charge in [0.1, 0.15) is 6.17 Å². The summed E-state index contributed by atoms with van der Waals surface area (Å²) in [5.74, 6) is 0.0761. The van der Waals surface area contributed by atoms with Gasteiger partial charge in [-0.2, -0.15) is 0 Å². The number of anilines is 1. The highest BCUT2D eigenvalue weighted by Gasteiger charge is 2.36. The maximum absolute atomic E-state index is 13.4. The number of fused-ring (bicyclic) bond motifs is 1. The van der Waals surface area contributed by atoms with E-state index in [4.69, 9.17) is 0 Å². The molecule has 0 saturated heterocycles. The van der Waals surface area contributed by atoms with E-state index < -0.39 is 0 Å². The van der Waals surface area contributed by atoms with E-state index in [9.17, 15) is 4.79 Å². The van der Waals surface area contributed by atoms with E-state index in [0.717, 1.165) is 23.2 Å². The maximum atomic E-state index is 13.4. The van der Waals surface area contributed by atoms with Crippen LogP contribution in [0.2, 0.25) is 0 Å². The summed E-state index contributed by atoms with van der Waals surface area (Å²) in [7, 11) is 0. The molecule has 1 aliphatic heterocycles. The highest BCUT2D eigenvalue weighted by atomic mass is 32.1. The van der Waals surface area contributed by atoms with Crippen LogP contribution in [0.25, 0.3) is 0 Å². The van der Waals surface area contributed by atoms with Gasteiger partial charge in [-0.15, -0.1) is 11.3 Å². The lowest BCUT2D eigenvalue weighted by Crippen LogP contribution is -2.44.